The first-order valence-electron chi connectivity index (χ1n) is 11.1. The SMILES string of the molecule is CCNC(=NCC1(NC(C)c2ccccc2)CCCC1)N1CCN(C(C)=O)CC1.I. The van der Waals surface area contributed by atoms with Gasteiger partial charge >= 0.3 is 0 Å². The molecule has 2 aliphatic rings. The summed E-state index contributed by atoms with van der Waals surface area (Å²) in [5.74, 6) is 1.15. The lowest BCUT2D eigenvalue weighted by Gasteiger charge is -2.37. The topological polar surface area (TPSA) is 60.0 Å². The molecule has 30 heavy (non-hydrogen) atoms. The van der Waals surface area contributed by atoms with Gasteiger partial charge in [0, 0.05) is 51.2 Å². The number of nitrogens with zero attached hydrogens (tertiary/aromatic N) is 3. The van der Waals surface area contributed by atoms with E-state index in [4.69, 9.17) is 4.99 Å². The number of carbonyl (C=O) groups is 1. The van der Waals surface area contributed by atoms with Gasteiger partial charge in [-0.15, -0.1) is 24.0 Å². The van der Waals surface area contributed by atoms with Crippen molar-refractivity contribution >= 4 is 35.8 Å². The molecule has 1 amide bonds. The lowest BCUT2D eigenvalue weighted by atomic mass is 9.95. The molecule has 0 spiro atoms. The molecule has 0 aromatic heterocycles. The first-order chi connectivity index (χ1) is 14.0. The molecule has 1 aliphatic heterocycles. The molecular weight excluding hydrogens is 489 g/mol. The van der Waals surface area contributed by atoms with Crippen LogP contribution in [-0.2, 0) is 4.79 Å². The molecule has 1 unspecified atom stereocenters. The average molecular weight is 527 g/mol. The number of hydrogen-bond acceptors (Lipinski definition) is 3. The smallest absolute Gasteiger partial charge is 0.219 e. The Bertz CT molecular complexity index is 682. The molecular formula is C23H38IN5O. The molecule has 1 saturated heterocycles. The molecule has 2 N–H and O–H groups in total. The standard InChI is InChI=1S/C23H37N5O.HI/c1-4-24-22(28-16-14-27(15-17-28)20(3)29)25-18-23(12-8-9-13-23)26-19(2)21-10-6-5-7-11-21;/h5-7,10-11,19,26H,4,8-9,12-18H2,1-3H3,(H,24,25);1H. The van der Waals surface area contributed by atoms with E-state index in [1.54, 1.807) is 6.92 Å². The summed E-state index contributed by atoms with van der Waals surface area (Å²) < 4.78 is 0. The quantitative estimate of drug-likeness (QED) is 0.339. The summed E-state index contributed by atoms with van der Waals surface area (Å²) in [5.41, 5.74) is 1.40. The maximum Gasteiger partial charge on any atom is 0.219 e. The normalized spacial score (nSPS) is 19.9. The molecule has 1 saturated carbocycles. The van der Waals surface area contributed by atoms with Crippen LogP contribution in [0.4, 0.5) is 0 Å². The molecule has 2 fully saturated rings. The van der Waals surface area contributed by atoms with Crippen molar-refractivity contribution in [3.05, 3.63) is 35.9 Å². The van der Waals surface area contributed by atoms with Crippen LogP contribution in [0.5, 0.6) is 0 Å². The summed E-state index contributed by atoms with van der Waals surface area (Å²) in [4.78, 5) is 20.9. The monoisotopic (exact) mass is 527 g/mol. The van der Waals surface area contributed by atoms with Crippen LogP contribution >= 0.6 is 24.0 Å². The molecule has 0 radical (unpaired) electrons. The van der Waals surface area contributed by atoms with Crippen LogP contribution in [0.15, 0.2) is 35.3 Å². The van der Waals surface area contributed by atoms with E-state index in [0.717, 1.165) is 45.2 Å². The molecule has 1 aromatic rings. The zero-order valence-electron chi connectivity index (χ0n) is 18.7. The van der Waals surface area contributed by atoms with Crippen molar-refractivity contribution < 1.29 is 4.79 Å². The molecule has 1 heterocycles. The van der Waals surface area contributed by atoms with E-state index in [-0.39, 0.29) is 35.4 Å². The second kappa shape index (κ2) is 11.9. The fraction of sp³-hybridized carbons (Fsp3) is 0.652. The van der Waals surface area contributed by atoms with Gasteiger partial charge < -0.3 is 20.4 Å². The van der Waals surface area contributed by atoms with Crippen LogP contribution in [0.2, 0.25) is 0 Å². The largest absolute Gasteiger partial charge is 0.357 e. The van der Waals surface area contributed by atoms with Gasteiger partial charge in [0.1, 0.15) is 0 Å². The van der Waals surface area contributed by atoms with Crippen molar-refractivity contribution in [2.45, 2.75) is 58.0 Å². The minimum Gasteiger partial charge on any atom is -0.357 e. The lowest BCUT2D eigenvalue weighted by molar-refractivity contribution is -0.130. The number of amides is 1. The van der Waals surface area contributed by atoms with Gasteiger partial charge in [0.2, 0.25) is 5.91 Å². The third kappa shape index (κ3) is 6.57. The van der Waals surface area contributed by atoms with Crippen LogP contribution in [0, 0.1) is 0 Å². The van der Waals surface area contributed by atoms with Crippen molar-refractivity contribution in [3.8, 4) is 0 Å². The van der Waals surface area contributed by atoms with Gasteiger partial charge in [-0.25, -0.2) is 0 Å². The Morgan fingerprint density at radius 2 is 1.70 bits per heavy atom. The van der Waals surface area contributed by atoms with E-state index in [1.807, 2.05) is 4.90 Å². The molecule has 1 aliphatic carbocycles. The number of rotatable bonds is 6. The number of carbonyl (C=O) groups excluding carboxylic acids is 1. The third-order valence-electron chi connectivity index (χ3n) is 6.27. The summed E-state index contributed by atoms with van der Waals surface area (Å²) in [6, 6.07) is 11.0. The van der Waals surface area contributed by atoms with Crippen LogP contribution in [-0.4, -0.2) is 66.5 Å². The Balaban J connectivity index is 0.00000320. The molecule has 1 aromatic carbocycles. The lowest BCUT2D eigenvalue weighted by Crippen LogP contribution is -2.54. The van der Waals surface area contributed by atoms with Gasteiger partial charge in [-0.05, 0) is 32.3 Å². The predicted octanol–water partition coefficient (Wildman–Crippen LogP) is 3.40. The number of nitrogens with one attached hydrogen (secondary N) is 2. The average Bonchev–Trinajstić information content (AvgIpc) is 3.20. The Morgan fingerprint density at radius 1 is 1.10 bits per heavy atom. The highest BCUT2D eigenvalue weighted by Gasteiger charge is 2.35. The van der Waals surface area contributed by atoms with Gasteiger partial charge in [0.05, 0.1) is 6.54 Å². The van der Waals surface area contributed by atoms with Gasteiger partial charge in [-0.3, -0.25) is 9.79 Å². The van der Waals surface area contributed by atoms with E-state index < -0.39 is 0 Å². The minimum absolute atomic E-state index is 0. The molecule has 1 atom stereocenters. The van der Waals surface area contributed by atoms with Crippen LogP contribution in [0.1, 0.15) is 58.1 Å². The Morgan fingerprint density at radius 3 is 2.27 bits per heavy atom. The number of guanidine groups is 1. The number of aliphatic imine (C=N–C) groups is 1. The molecule has 0 bridgehead atoms. The fourth-order valence-corrected chi connectivity index (χ4v) is 4.57. The fourth-order valence-electron chi connectivity index (χ4n) is 4.57. The highest BCUT2D eigenvalue weighted by molar-refractivity contribution is 14.0. The molecule has 168 valence electrons. The van der Waals surface area contributed by atoms with Crippen molar-refractivity contribution in [1.29, 1.82) is 0 Å². The van der Waals surface area contributed by atoms with Crippen molar-refractivity contribution in [2.24, 2.45) is 4.99 Å². The van der Waals surface area contributed by atoms with E-state index in [2.05, 4.69) is 59.7 Å². The Hall–Kier alpha value is -1.35. The second-order valence-corrected chi connectivity index (χ2v) is 8.43. The van der Waals surface area contributed by atoms with Crippen molar-refractivity contribution in [1.82, 2.24) is 20.4 Å². The van der Waals surface area contributed by atoms with E-state index in [9.17, 15) is 4.79 Å². The minimum atomic E-state index is 0. The zero-order valence-corrected chi connectivity index (χ0v) is 21.0. The van der Waals surface area contributed by atoms with Gasteiger partial charge in [0.15, 0.2) is 5.96 Å². The van der Waals surface area contributed by atoms with Crippen molar-refractivity contribution in [2.75, 3.05) is 39.3 Å². The molecule has 6 nitrogen and oxygen atoms in total. The first kappa shape index (κ1) is 24.9. The van der Waals surface area contributed by atoms with Gasteiger partial charge in [-0.2, -0.15) is 0 Å². The number of benzene rings is 1. The van der Waals surface area contributed by atoms with E-state index in [0.29, 0.717) is 6.04 Å². The predicted molar refractivity (Wildman–Crippen MR) is 134 cm³/mol. The third-order valence-corrected chi connectivity index (χ3v) is 6.27. The zero-order chi connectivity index (χ0) is 20.7. The molecule has 7 heteroatoms. The Kier molecular flexibility index (Phi) is 9.87. The number of hydrogen-bond donors (Lipinski definition) is 2. The van der Waals surface area contributed by atoms with Gasteiger partial charge in [0.25, 0.3) is 0 Å². The van der Waals surface area contributed by atoms with Crippen molar-refractivity contribution in [3.63, 3.8) is 0 Å². The highest BCUT2D eigenvalue weighted by atomic mass is 127. The summed E-state index contributed by atoms with van der Waals surface area (Å²) in [5, 5.41) is 7.39. The Labute approximate surface area is 198 Å². The van der Waals surface area contributed by atoms with E-state index in [1.165, 1.54) is 31.2 Å². The van der Waals surface area contributed by atoms with Gasteiger partial charge in [-0.1, -0.05) is 43.2 Å². The van der Waals surface area contributed by atoms with Crippen LogP contribution in [0.3, 0.4) is 0 Å². The summed E-state index contributed by atoms with van der Waals surface area (Å²) in [6.45, 7) is 10.9. The first-order valence-corrected chi connectivity index (χ1v) is 11.1. The number of halogens is 1. The maximum atomic E-state index is 11.6. The van der Waals surface area contributed by atoms with E-state index >= 15 is 0 Å². The summed E-state index contributed by atoms with van der Waals surface area (Å²) in [7, 11) is 0. The highest BCUT2D eigenvalue weighted by Crippen LogP contribution is 2.32. The summed E-state index contributed by atoms with van der Waals surface area (Å²) in [6.07, 6.45) is 4.87. The van der Waals surface area contributed by atoms with Crippen LogP contribution in [0.25, 0.3) is 0 Å². The summed E-state index contributed by atoms with van der Waals surface area (Å²) >= 11 is 0. The number of piperazine rings is 1. The second-order valence-electron chi connectivity index (χ2n) is 8.43. The molecule has 3 rings (SSSR count). The van der Waals surface area contributed by atoms with Crippen LogP contribution < -0.4 is 10.6 Å². The maximum absolute atomic E-state index is 11.6.